The molecule has 0 saturated carbocycles. The van der Waals surface area contributed by atoms with E-state index in [1.807, 2.05) is 0 Å². The van der Waals surface area contributed by atoms with Crippen LogP contribution in [0, 0.1) is 0 Å². The SMILES string of the molecule is O=S(=O)(O)c1cccc(Nc2ccc3cc(SOOO)cc(O)c3c2)c1. The van der Waals surface area contributed by atoms with Gasteiger partial charge in [0.2, 0.25) is 0 Å². The summed E-state index contributed by atoms with van der Waals surface area (Å²) in [6.45, 7) is 0. The Morgan fingerprint density at radius 3 is 2.50 bits per heavy atom. The zero-order valence-corrected chi connectivity index (χ0v) is 14.6. The van der Waals surface area contributed by atoms with Crippen LogP contribution in [0.5, 0.6) is 5.75 Å². The molecule has 0 fully saturated rings. The van der Waals surface area contributed by atoms with Gasteiger partial charge in [0.05, 0.1) is 16.9 Å². The Hall–Kier alpha value is -2.34. The minimum absolute atomic E-state index is 0.0122. The molecule has 0 aliphatic carbocycles. The number of fused-ring (bicyclic) bond motifs is 1. The van der Waals surface area contributed by atoms with Gasteiger partial charge in [0.15, 0.2) is 0 Å². The van der Waals surface area contributed by atoms with Crippen LogP contribution in [0.25, 0.3) is 10.8 Å². The van der Waals surface area contributed by atoms with Crippen LogP contribution in [0.2, 0.25) is 0 Å². The van der Waals surface area contributed by atoms with Crippen molar-refractivity contribution in [1.82, 2.24) is 0 Å². The Morgan fingerprint density at radius 2 is 1.77 bits per heavy atom. The standard InChI is InChI=1S/C16H13NO7S2/c18-16-9-13(25-24-23-19)6-10-4-5-12(8-15(10)16)17-11-2-1-3-14(7-11)26(20,21)22/h1-9,17-19H,(H,20,21,22). The van der Waals surface area contributed by atoms with Gasteiger partial charge in [-0.05, 0) is 47.9 Å². The smallest absolute Gasteiger partial charge is 0.294 e. The predicted molar refractivity (Wildman–Crippen MR) is 95.8 cm³/mol. The fourth-order valence-electron chi connectivity index (χ4n) is 2.39. The molecule has 0 unspecified atom stereocenters. The van der Waals surface area contributed by atoms with Gasteiger partial charge in [-0.2, -0.15) is 8.42 Å². The zero-order valence-electron chi connectivity index (χ0n) is 13.0. The van der Waals surface area contributed by atoms with Crippen LogP contribution < -0.4 is 5.32 Å². The number of phenols is 1. The predicted octanol–water partition coefficient (Wildman–Crippen LogP) is 3.96. The highest BCUT2D eigenvalue weighted by atomic mass is 32.2. The van der Waals surface area contributed by atoms with Crippen molar-refractivity contribution in [1.29, 1.82) is 0 Å². The molecule has 0 atom stereocenters. The van der Waals surface area contributed by atoms with E-state index in [4.69, 9.17) is 9.81 Å². The van der Waals surface area contributed by atoms with Gasteiger partial charge in [-0.15, -0.1) is 4.33 Å². The molecule has 136 valence electrons. The molecule has 4 N–H and O–H groups in total. The van der Waals surface area contributed by atoms with Crippen LogP contribution in [0.1, 0.15) is 0 Å². The molecule has 0 radical (unpaired) electrons. The van der Waals surface area contributed by atoms with Gasteiger partial charge in [0.1, 0.15) is 5.75 Å². The van der Waals surface area contributed by atoms with Gasteiger partial charge in [-0.3, -0.25) is 4.55 Å². The van der Waals surface area contributed by atoms with E-state index >= 15 is 0 Å². The average molecular weight is 395 g/mol. The summed E-state index contributed by atoms with van der Waals surface area (Å²) in [4.78, 5) is 0.296. The van der Waals surface area contributed by atoms with Crippen molar-refractivity contribution >= 4 is 44.3 Å². The second kappa shape index (κ2) is 7.50. The molecular formula is C16H13NO7S2. The maximum Gasteiger partial charge on any atom is 0.294 e. The summed E-state index contributed by atoms with van der Waals surface area (Å²) in [5.74, 6) is -0.0122. The van der Waals surface area contributed by atoms with Crippen molar-refractivity contribution in [3.63, 3.8) is 0 Å². The van der Waals surface area contributed by atoms with Crippen LogP contribution in [0.3, 0.4) is 0 Å². The van der Waals surface area contributed by atoms with Crippen LogP contribution in [0.4, 0.5) is 11.4 Å². The highest BCUT2D eigenvalue weighted by molar-refractivity contribution is 7.94. The summed E-state index contributed by atoms with van der Waals surface area (Å²) in [6, 6.07) is 14.0. The van der Waals surface area contributed by atoms with Gasteiger partial charge in [-0.1, -0.05) is 17.2 Å². The average Bonchev–Trinajstić information content (AvgIpc) is 2.60. The Bertz CT molecular complexity index is 1050. The van der Waals surface area contributed by atoms with Crippen molar-refractivity contribution in [3.05, 3.63) is 54.6 Å². The molecule has 0 aromatic heterocycles. The molecule has 3 aromatic carbocycles. The van der Waals surface area contributed by atoms with E-state index in [9.17, 15) is 13.5 Å². The molecule has 0 aliphatic rings. The molecule has 3 aromatic rings. The number of phenolic OH excluding ortho intramolecular Hbond substituents is 1. The summed E-state index contributed by atoms with van der Waals surface area (Å²) in [7, 11) is -4.29. The van der Waals surface area contributed by atoms with Crippen LogP contribution in [0.15, 0.2) is 64.4 Å². The van der Waals surface area contributed by atoms with Gasteiger partial charge in [0.25, 0.3) is 10.1 Å². The first kappa shape index (κ1) is 18.5. The van der Waals surface area contributed by atoms with E-state index in [0.29, 0.717) is 27.0 Å². The van der Waals surface area contributed by atoms with Gasteiger partial charge < -0.3 is 10.4 Å². The maximum absolute atomic E-state index is 11.2. The molecule has 0 spiro atoms. The van der Waals surface area contributed by atoms with E-state index in [-0.39, 0.29) is 10.6 Å². The van der Waals surface area contributed by atoms with Crippen LogP contribution in [-0.4, -0.2) is 23.3 Å². The third kappa shape index (κ3) is 4.25. The first-order valence-electron chi connectivity index (χ1n) is 7.13. The second-order valence-corrected chi connectivity index (χ2v) is 7.43. The number of rotatable bonds is 6. The van der Waals surface area contributed by atoms with E-state index < -0.39 is 10.1 Å². The van der Waals surface area contributed by atoms with Crippen molar-refractivity contribution in [2.45, 2.75) is 9.79 Å². The topological polar surface area (TPSA) is 125 Å². The van der Waals surface area contributed by atoms with Crippen molar-refractivity contribution < 1.29 is 32.7 Å². The lowest BCUT2D eigenvalue weighted by Gasteiger charge is -2.10. The molecule has 26 heavy (non-hydrogen) atoms. The van der Waals surface area contributed by atoms with Crippen LogP contribution in [-0.2, 0) is 19.5 Å². The van der Waals surface area contributed by atoms with E-state index in [2.05, 4.69) is 14.7 Å². The van der Waals surface area contributed by atoms with Crippen LogP contribution >= 0.6 is 12.0 Å². The Balaban J connectivity index is 1.91. The molecule has 0 amide bonds. The minimum atomic E-state index is -4.29. The summed E-state index contributed by atoms with van der Waals surface area (Å²) < 4.78 is 35.9. The third-order valence-corrected chi connectivity index (χ3v) is 4.89. The zero-order chi connectivity index (χ0) is 18.7. The number of hydrogen-bond donors (Lipinski definition) is 4. The number of aromatic hydroxyl groups is 1. The first-order chi connectivity index (χ1) is 12.4. The molecule has 0 bridgehead atoms. The van der Waals surface area contributed by atoms with Gasteiger partial charge >= 0.3 is 0 Å². The molecule has 0 aliphatic heterocycles. The fraction of sp³-hybridized carbons (Fsp3) is 0. The highest BCUT2D eigenvalue weighted by Crippen LogP contribution is 2.34. The molecule has 10 heteroatoms. The van der Waals surface area contributed by atoms with E-state index in [1.54, 1.807) is 30.3 Å². The molecule has 0 heterocycles. The van der Waals surface area contributed by atoms with Crippen molar-refractivity contribution in [2.75, 3.05) is 5.32 Å². The molecule has 8 nitrogen and oxygen atoms in total. The van der Waals surface area contributed by atoms with Crippen molar-refractivity contribution in [3.8, 4) is 5.75 Å². The third-order valence-electron chi connectivity index (χ3n) is 3.49. The summed E-state index contributed by atoms with van der Waals surface area (Å²) in [6.07, 6.45) is 0. The number of nitrogens with one attached hydrogen (secondary N) is 1. The normalized spacial score (nSPS) is 11.6. The first-order valence-corrected chi connectivity index (χ1v) is 9.31. The van der Waals surface area contributed by atoms with E-state index in [1.165, 1.54) is 24.3 Å². The molecule has 3 rings (SSSR count). The summed E-state index contributed by atoms with van der Waals surface area (Å²) >= 11 is 0.732. The van der Waals surface area contributed by atoms with Gasteiger partial charge in [0, 0.05) is 21.7 Å². The van der Waals surface area contributed by atoms with Gasteiger partial charge in [-0.25, -0.2) is 5.26 Å². The lowest BCUT2D eigenvalue weighted by atomic mass is 10.1. The van der Waals surface area contributed by atoms with Crippen molar-refractivity contribution in [2.24, 2.45) is 0 Å². The summed E-state index contributed by atoms with van der Waals surface area (Å²) in [5.41, 5.74) is 1.07. The largest absolute Gasteiger partial charge is 0.507 e. The quantitative estimate of drug-likeness (QED) is 0.212. The Labute approximate surface area is 152 Å². The fourth-order valence-corrected chi connectivity index (χ4v) is 3.36. The number of anilines is 2. The monoisotopic (exact) mass is 395 g/mol. The number of hydrogen-bond acceptors (Lipinski definition) is 8. The number of benzene rings is 3. The second-order valence-electron chi connectivity index (χ2n) is 5.23. The Kier molecular flexibility index (Phi) is 5.32. The maximum atomic E-state index is 11.2. The molecular weight excluding hydrogens is 382 g/mol. The molecule has 0 saturated heterocycles. The summed E-state index contributed by atoms with van der Waals surface area (Å²) in [5, 5.41) is 26.2. The van der Waals surface area contributed by atoms with E-state index in [0.717, 1.165) is 12.0 Å². The highest BCUT2D eigenvalue weighted by Gasteiger charge is 2.10. The minimum Gasteiger partial charge on any atom is -0.507 e. The Morgan fingerprint density at radius 1 is 1.00 bits per heavy atom. The lowest BCUT2D eigenvalue weighted by Crippen LogP contribution is -1.99. The lowest BCUT2D eigenvalue weighted by molar-refractivity contribution is -0.432.